The number of halogens is 1. The van der Waals surface area contributed by atoms with Crippen molar-refractivity contribution in [2.75, 3.05) is 22.4 Å². The van der Waals surface area contributed by atoms with Gasteiger partial charge in [0.2, 0.25) is 11.0 Å². The lowest BCUT2D eigenvalue weighted by Crippen LogP contribution is -2.38. The minimum Gasteiger partial charge on any atom is -0.299 e. The number of carbonyl (C=O) groups excluding carboxylic acids is 1. The Balaban J connectivity index is 1.58. The van der Waals surface area contributed by atoms with Gasteiger partial charge in [-0.25, -0.2) is 8.42 Å². The predicted octanol–water partition coefficient (Wildman–Crippen LogP) is 5.72. The van der Waals surface area contributed by atoms with Crippen LogP contribution in [0.1, 0.15) is 5.56 Å². The molecular formula is C24H21ClN4O3S3. The minimum absolute atomic E-state index is 0.101. The van der Waals surface area contributed by atoms with E-state index in [1.807, 2.05) is 25.3 Å². The second-order valence-corrected chi connectivity index (χ2v) is 11.6. The summed E-state index contributed by atoms with van der Waals surface area (Å²) in [6.07, 6.45) is 1.91. The summed E-state index contributed by atoms with van der Waals surface area (Å²) >= 11 is 8.63. The summed E-state index contributed by atoms with van der Waals surface area (Å²) < 4.78 is 28.1. The molecule has 0 aliphatic carbocycles. The van der Waals surface area contributed by atoms with Crippen molar-refractivity contribution in [2.45, 2.75) is 16.7 Å². The topological polar surface area (TPSA) is 92.3 Å². The fourth-order valence-corrected chi connectivity index (χ4v) is 5.89. The molecule has 1 amide bonds. The Morgan fingerprint density at radius 2 is 1.66 bits per heavy atom. The van der Waals surface area contributed by atoms with Crippen LogP contribution in [0.5, 0.6) is 0 Å². The molecule has 180 valence electrons. The molecule has 4 rings (SSSR count). The lowest BCUT2D eigenvalue weighted by molar-refractivity contribution is -0.114. The normalized spacial score (nSPS) is 11.3. The number of anilines is 2. The number of thioether (sulfide) groups is 1. The fourth-order valence-electron chi connectivity index (χ4n) is 3.17. The molecule has 0 atom stereocenters. The first kappa shape index (κ1) is 25.2. The molecule has 1 N–H and O–H groups in total. The first-order valence-electron chi connectivity index (χ1n) is 10.4. The molecule has 4 aromatic rings. The van der Waals surface area contributed by atoms with Gasteiger partial charge >= 0.3 is 0 Å². The minimum atomic E-state index is -4.00. The lowest BCUT2D eigenvalue weighted by Gasteiger charge is -2.24. The zero-order valence-corrected chi connectivity index (χ0v) is 22.0. The Bertz CT molecular complexity index is 1420. The summed E-state index contributed by atoms with van der Waals surface area (Å²) in [5.41, 5.74) is 2.17. The number of nitrogens with one attached hydrogen (secondary N) is 1. The van der Waals surface area contributed by atoms with Crippen LogP contribution < -0.4 is 9.62 Å². The van der Waals surface area contributed by atoms with E-state index in [1.165, 1.54) is 23.1 Å². The van der Waals surface area contributed by atoms with Crippen molar-refractivity contribution < 1.29 is 13.2 Å². The molecular weight excluding hydrogens is 524 g/mol. The first-order chi connectivity index (χ1) is 16.8. The van der Waals surface area contributed by atoms with E-state index < -0.39 is 22.5 Å². The number of sulfonamides is 1. The standard InChI is InChI=1S/C24H21ClN4O3S3/c1-16-3-9-19(10-4-16)29(35(31,32)21-13-11-20(33-2)12-14-21)15-22(30)26-24-28-27-23(34-24)17-5-7-18(25)8-6-17/h3-14H,15H2,1-2H3,(H,26,28,30). The van der Waals surface area contributed by atoms with E-state index in [-0.39, 0.29) is 10.0 Å². The maximum Gasteiger partial charge on any atom is 0.264 e. The molecule has 0 unspecified atom stereocenters. The Labute approximate surface area is 217 Å². The molecule has 0 spiro atoms. The molecule has 3 aromatic carbocycles. The zero-order chi connectivity index (χ0) is 25.0. The summed E-state index contributed by atoms with van der Waals surface area (Å²) in [7, 11) is -4.00. The van der Waals surface area contributed by atoms with E-state index >= 15 is 0 Å². The van der Waals surface area contributed by atoms with Gasteiger partial charge in [0.05, 0.1) is 10.6 Å². The van der Waals surface area contributed by atoms with Gasteiger partial charge in [-0.1, -0.05) is 52.8 Å². The van der Waals surface area contributed by atoms with Gasteiger partial charge in [0.15, 0.2) is 0 Å². The van der Waals surface area contributed by atoms with Crippen molar-refractivity contribution in [1.82, 2.24) is 10.2 Å². The number of rotatable bonds is 8. The smallest absolute Gasteiger partial charge is 0.264 e. The summed E-state index contributed by atoms with van der Waals surface area (Å²) in [4.78, 5) is 14.0. The van der Waals surface area contributed by atoms with Gasteiger partial charge in [0, 0.05) is 15.5 Å². The molecule has 0 saturated heterocycles. The fraction of sp³-hybridized carbons (Fsp3) is 0.125. The van der Waals surface area contributed by atoms with Gasteiger partial charge in [-0.3, -0.25) is 14.4 Å². The molecule has 1 heterocycles. The summed E-state index contributed by atoms with van der Waals surface area (Å²) in [5, 5.41) is 12.3. The molecule has 7 nitrogen and oxygen atoms in total. The third-order valence-electron chi connectivity index (χ3n) is 5.02. The molecule has 1 aromatic heterocycles. The second kappa shape index (κ2) is 10.8. The average Bonchev–Trinajstić information content (AvgIpc) is 3.32. The van der Waals surface area contributed by atoms with Crippen molar-refractivity contribution in [3.63, 3.8) is 0 Å². The molecule has 0 bridgehead atoms. The number of hydrogen-bond donors (Lipinski definition) is 1. The highest BCUT2D eigenvalue weighted by molar-refractivity contribution is 7.98. The largest absolute Gasteiger partial charge is 0.299 e. The third-order valence-corrected chi connectivity index (χ3v) is 8.69. The highest BCUT2D eigenvalue weighted by Crippen LogP contribution is 2.28. The van der Waals surface area contributed by atoms with E-state index in [2.05, 4.69) is 15.5 Å². The summed E-state index contributed by atoms with van der Waals surface area (Å²) in [6, 6.07) is 20.6. The summed E-state index contributed by atoms with van der Waals surface area (Å²) in [6.45, 7) is 1.48. The zero-order valence-electron chi connectivity index (χ0n) is 18.8. The van der Waals surface area contributed by atoms with Crippen molar-refractivity contribution in [3.05, 3.63) is 83.4 Å². The number of hydrogen-bond acceptors (Lipinski definition) is 7. The third kappa shape index (κ3) is 6.02. The maximum absolute atomic E-state index is 13.5. The highest BCUT2D eigenvalue weighted by atomic mass is 35.5. The Morgan fingerprint density at radius 1 is 1.00 bits per heavy atom. The van der Waals surface area contributed by atoms with E-state index in [0.717, 1.165) is 20.3 Å². The van der Waals surface area contributed by atoms with E-state index in [0.29, 0.717) is 15.7 Å². The average molecular weight is 545 g/mol. The highest BCUT2D eigenvalue weighted by Gasteiger charge is 2.27. The van der Waals surface area contributed by atoms with Gasteiger partial charge in [-0.15, -0.1) is 22.0 Å². The number of aromatic nitrogens is 2. The van der Waals surface area contributed by atoms with Crippen LogP contribution >= 0.6 is 34.7 Å². The Morgan fingerprint density at radius 3 is 2.29 bits per heavy atom. The van der Waals surface area contributed by atoms with Gasteiger partial charge in [-0.05, 0) is 61.7 Å². The molecule has 0 fully saturated rings. The van der Waals surface area contributed by atoms with Crippen LogP contribution in [0.25, 0.3) is 10.6 Å². The second-order valence-electron chi connectivity index (χ2n) is 7.49. The maximum atomic E-state index is 13.5. The first-order valence-corrected chi connectivity index (χ1v) is 14.2. The van der Waals surface area contributed by atoms with Crippen LogP contribution in [0.2, 0.25) is 5.02 Å². The van der Waals surface area contributed by atoms with Gasteiger partial charge < -0.3 is 0 Å². The number of benzene rings is 3. The molecule has 0 saturated carbocycles. The molecule has 0 aliphatic heterocycles. The summed E-state index contributed by atoms with van der Waals surface area (Å²) in [5.74, 6) is -0.534. The van der Waals surface area contributed by atoms with Crippen molar-refractivity contribution in [2.24, 2.45) is 0 Å². The molecule has 0 radical (unpaired) electrons. The van der Waals surface area contributed by atoms with E-state index in [1.54, 1.807) is 60.7 Å². The van der Waals surface area contributed by atoms with Crippen LogP contribution in [0.4, 0.5) is 10.8 Å². The van der Waals surface area contributed by atoms with Crippen molar-refractivity contribution in [3.8, 4) is 10.6 Å². The quantitative estimate of drug-likeness (QED) is 0.285. The van der Waals surface area contributed by atoms with Crippen LogP contribution in [0, 0.1) is 6.92 Å². The molecule has 35 heavy (non-hydrogen) atoms. The van der Waals surface area contributed by atoms with Crippen LogP contribution in [0.3, 0.4) is 0 Å². The van der Waals surface area contributed by atoms with E-state index in [4.69, 9.17) is 11.6 Å². The van der Waals surface area contributed by atoms with Gasteiger partial charge in [-0.2, -0.15) is 0 Å². The van der Waals surface area contributed by atoms with Crippen LogP contribution in [-0.4, -0.2) is 37.3 Å². The van der Waals surface area contributed by atoms with Gasteiger partial charge in [0.1, 0.15) is 11.6 Å². The number of aryl methyl sites for hydroxylation is 1. The number of nitrogens with zero attached hydrogens (tertiary/aromatic N) is 3. The van der Waals surface area contributed by atoms with Crippen molar-refractivity contribution >= 4 is 61.4 Å². The molecule has 11 heteroatoms. The van der Waals surface area contributed by atoms with Crippen LogP contribution in [-0.2, 0) is 14.8 Å². The molecule has 0 aliphatic rings. The SMILES string of the molecule is CSc1ccc(S(=O)(=O)N(CC(=O)Nc2nnc(-c3ccc(Cl)cc3)s2)c2ccc(C)cc2)cc1. The van der Waals surface area contributed by atoms with Crippen LogP contribution in [0.15, 0.2) is 82.6 Å². The monoisotopic (exact) mass is 544 g/mol. The van der Waals surface area contributed by atoms with Crippen molar-refractivity contribution in [1.29, 1.82) is 0 Å². The lowest BCUT2D eigenvalue weighted by atomic mass is 10.2. The Kier molecular flexibility index (Phi) is 7.75. The van der Waals surface area contributed by atoms with E-state index in [9.17, 15) is 13.2 Å². The number of carbonyl (C=O) groups is 1. The van der Waals surface area contributed by atoms with Gasteiger partial charge in [0.25, 0.3) is 10.0 Å². The Hall–Kier alpha value is -2.92. The predicted molar refractivity (Wildman–Crippen MR) is 143 cm³/mol. The number of amides is 1.